The normalized spacial score (nSPS) is 19.0. The lowest BCUT2D eigenvalue weighted by Crippen LogP contribution is -2.29. The van der Waals surface area contributed by atoms with Crippen LogP contribution in [0.4, 0.5) is 4.39 Å². The van der Waals surface area contributed by atoms with Crippen LogP contribution in [0.1, 0.15) is 17.9 Å². The van der Waals surface area contributed by atoms with Crippen LogP contribution in [0.3, 0.4) is 0 Å². The van der Waals surface area contributed by atoms with Gasteiger partial charge < -0.3 is 4.74 Å². The SMILES string of the molecule is COc1ccc(F)cc1S(=O)(=O)N1CC[C@H](c2ccccc2)C1. The summed E-state index contributed by atoms with van der Waals surface area (Å²) in [6.07, 6.45) is 0.751. The first-order valence-corrected chi connectivity index (χ1v) is 8.85. The molecule has 0 amide bonds. The Bertz CT molecular complexity index is 793. The van der Waals surface area contributed by atoms with Gasteiger partial charge in [0.1, 0.15) is 16.5 Å². The molecule has 3 rings (SSSR count). The number of halogens is 1. The predicted octanol–water partition coefficient (Wildman–Crippen LogP) is 3.01. The second kappa shape index (κ2) is 6.29. The van der Waals surface area contributed by atoms with Gasteiger partial charge in [0.05, 0.1) is 7.11 Å². The highest BCUT2D eigenvalue weighted by molar-refractivity contribution is 7.89. The molecule has 122 valence electrons. The summed E-state index contributed by atoms with van der Waals surface area (Å²) in [5.41, 5.74) is 1.12. The summed E-state index contributed by atoms with van der Waals surface area (Å²) in [5, 5.41) is 0. The predicted molar refractivity (Wildman–Crippen MR) is 85.5 cm³/mol. The van der Waals surface area contributed by atoms with Gasteiger partial charge >= 0.3 is 0 Å². The molecule has 0 spiro atoms. The van der Waals surface area contributed by atoms with Gasteiger partial charge in [-0.1, -0.05) is 30.3 Å². The molecule has 0 aromatic heterocycles. The first-order chi connectivity index (χ1) is 11.0. The summed E-state index contributed by atoms with van der Waals surface area (Å²) >= 11 is 0. The fourth-order valence-electron chi connectivity index (χ4n) is 2.94. The fourth-order valence-corrected chi connectivity index (χ4v) is 4.60. The molecule has 4 nitrogen and oxygen atoms in total. The van der Waals surface area contributed by atoms with Crippen molar-refractivity contribution in [1.29, 1.82) is 0 Å². The molecule has 1 fully saturated rings. The third kappa shape index (κ3) is 3.09. The van der Waals surface area contributed by atoms with Crippen molar-refractivity contribution in [3.8, 4) is 5.75 Å². The minimum atomic E-state index is -3.78. The van der Waals surface area contributed by atoms with Gasteiger partial charge in [0, 0.05) is 13.1 Å². The fraction of sp³-hybridized carbons (Fsp3) is 0.294. The molecule has 0 bridgehead atoms. The summed E-state index contributed by atoms with van der Waals surface area (Å²) in [5.74, 6) is -0.275. The monoisotopic (exact) mass is 335 g/mol. The zero-order valence-corrected chi connectivity index (χ0v) is 13.6. The largest absolute Gasteiger partial charge is 0.495 e. The van der Waals surface area contributed by atoms with Crippen LogP contribution in [0.15, 0.2) is 53.4 Å². The van der Waals surface area contributed by atoms with Gasteiger partial charge in [-0.3, -0.25) is 0 Å². The van der Waals surface area contributed by atoms with Gasteiger partial charge in [-0.05, 0) is 36.1 Å². The Kier molecular flexibility index (Phi) is 4.37. The van der Waals surface area contributed by atoms with Crippen LogP contribution < -0.4 is 4.74 Å². The van der Waals surface area contributed by atoms with E-state index in [2.05, 4.69) is 0 Å². The summed E-state index contributed by atoms with van der Waals surface area (Å²) < 4.78 is 45.6. The van der Waals surface area contributed by atoms with E-state index in [1.165, 1.54) is 23.5 Å². The highest BCUT2D eigenvalue weighted by Gasteiger charge is 2.35. The summed E-state index contributed by atoms with van der Waals surface area (Å²) in [6, 6.07) is 13.4. The van der Waals surface area contributed by atoms with Crippen LogP contribution in [-0.2, 0) is 10.0 Å². The van der Waals surface area contributed by atoms with Crippen molar-refractivity contribution in [2.45, 2.75) is 17.2 Å². The van der Waals surface area contributed by atoms with E-state index in [9.17, 15) is 12.8 Å². The van der Waals surface area contributed by atoms with Gasteiger partial charge in [-0.2, -0.15) is 4.31 Å². The number of nitrogens with zero attached hydrogens (tertiary/aromatic N) is 1. The van der Waals surface area contributed by atoms with E-state index in [1.54, 1.807) is 0 Å². The number of ether oxygens (including phenoxy) is 1. The van der Waals surface area contributed by atoms with Crippen LogP contribution in [0.5, 0.6) is 5.75 Å². The summed E-state index contributed by atoms with van der Waals surface area (Å²) in [7, 11) is -2.40. The topological polar surface area (TPSA) is 46.6 Å². The Hall–Kier alpha value is -1.92. The van der Waals surface area contributed by atoms with E-state index >= 15 is 0 Å². The number of methoxy groups -OCH3 is 1. The van der Waals surface area contributed by atoms with E-state index in [-0.39, 0.29) is 16.6 Å². The molecule has 1 aliphatic heterocycles. The number of rotatable bonds is 4. The minimum absolute atomic E-state index is 0.117. The highest BCUT2D eigenvalue weighted by Crippen LogP contribution is 2.34. The second-order valence-corrected chi connectivity index (χ2v) is 7.46. The quantitative estimate of drug-likeness (QED) is 0.863. The van der Waals surface area contributed by atoms with Crippen molar-refractivity contribution < 1.29 is 17.5 Å². The van der Waals surface area contributed by atoms with Crippen molar-refractivity contribution in [1.82, 2.24) is 4.31 Å². The van der Waals surface area contributed by atoms with Gasteiger partial charge in [-0.25, -0.2) is 12.8 Å². The van der Waals surface area contributed by atoms with E-state index in [1.807, 2.05) is 30.3 Å². The van der Waals surface area contributed by atoms with Crippen molar-refractivity contribution in [2.24, 2.45) is 0 Å². The molecule has 6 heteroatoms. The minimum Gasteiger partial charge on any atom is -0.495 e. The molecular weight excluding hydrogens is 317 g/mol. The maximum atomic E-state index is 13.5. The Morgan fingerprint density at radius 1 is 1.17 bits per heavy atom. The van der Waals surface area contributed by atoms with Gasteiger partial charge in [0.25, 0.3) is 0 Å². The van der Waals surface area contributed by atoms with E-state index in [0.717, 1.165) is 18.1 Å². The third-order valence-corrected chi connectivity index (χ3v) is 6.05. The number of sulfonamides is 1. The average molecular weight is 335 g/mol. The molecule has 1 saturated heterocycles. The molecule has 0 unspecified atom stereocenters. The lowest BCUT2D eigenvalue weighted by atomic mass is 9.99. The van der Waals surface area contributed by atoms with Gasteiger partial charge in [0.15, 0.2) is 0 Å². The molecule has 1 aliphatic rings. The van der Waals surface area contributed by atoms with Gasteiger partial charge in [-0.15, -0.1) is 0 Å². The van der Waals surface area contributed by atoms with Crippen molar-refractivity contribution in [3.63, 3.8) is 0 Å². The number of hydrogen-bond acceptors (Lipinski definition) is 3. The Balaban J connectivity index is 1.89. The number of benzene rings is 2. The lowest BCUT2D eigenvalue weighted by Gasteiger charge is -2.18. The first-order valence-electron chi connectivity index (χ1n) is 7.41. The van der Waals surface area contributed by atoms with Crippen LogP contribution in [0.2, 0.25) is 0 Å². The van der Waals surface area contributed by atoms with Crippen LogP contribution in [0, 0.1) is 5.82 Å². The Labute approximate surface area is 135 Å². The smallest absolute Gasteiger partial charge is 0.246 e. The average Bonchev–Trinajstić information content (AvgIpc) is 3.06. The maximum Gasteiger partial charge on any atom is 0.246 e. The second-order valence-electron chi connectivity index (χ2n) is 5.55. The van der Waals surface area contributed by atoms with E-state index in [0.29, 0.717) is 13.1 Å². The zero-order valence-electron chi connectivity index (χ0n) is 12.8. The Morgan fingerprint density at radius 3 is 2.61 bits per heavy atom. The molecule has 0 N–H and O–H groups in total. The molecule has 1 atom stereocenters. The summed E-state index contributed by atoms with van der Waals surface area (Å²) in [4.78, 5) is -0.117. The van der Waals surface area contributed by atoms with Gasteiger partial charge in [0.2, 0.25) is 10.0 Å². The lowest BCUT2D eigenvalue weighted by molar-refractivity contribution is 0.396. The molecule has 0 aliphatic carbocycles. The zero-order chi connectivity index (χ0) is 16.4. The molecule has 2 aromatic carbocycles. The Morgan fingerprint density at radius 2 is 1.91 bits per heavy atom. The first kappa shape index (κ1) is 16.0. The molecule has 2 aromatic rings. The van der Waals surface area contributed by atoms with E-state index < -0.39 is 15.8 Å². The maximum absolute atomic E-state index is 13.5. The number of hydrogen-bond donors (Lipinski definition) is 0. The van der Waals surface area contributed by atoms with Crippen molar-refractivity contribution in [3.05, 3.63) is 59.9 Å². The molecule has 0 radical (unpaired) electrons. The van der Waals surface area contributed by atoms with Crippen LogP contribution in [-0.4, -0.2) is 32.9 Å². The van der Waals surface area contributed by atoms with Crippen LogP contribution in [0.25, 0.3) is 0 Å². The molecule has 0 saturated carbocycles. The molecular formula is C17H18FNO3S. The van der Waals surface area contributed by atoms with Crippen LogP contribution >= 0.6 is 0 Å². The standard InChI is InChI=1S/C17H18FNO3S/c1-22-16-8-7-15(18)11-17(16)23(20,21)19-10-9-14(12-19)13-5-3-2-4-6-13/h2-8,11,14H,9-10,12H2,1H3/t14-/m0/s1. The molecule has 1 heterocycles. The summed E-state index contributed by atoms with van der Waals surface area (Å²) in [6.45, 7) is 0.813. The van der Waals surface area contributed by atoms with Crippen molar-refractivity contribution >= 4 is 10.0 Å². The van der Waals surface area contributed by atoms with Crippen molar-refractivity contribution in [2.75, 3.05) is 20.2 Å². The molecule has 23 heavy (non-hydrogen) atoms. The van der Waals surface area contributed by atoms with E-state index in [4.69, 9.17) is 4.74 Å². The third-order valence-electron chi connectivity index (χ3n) is 4.17. The highest BCUT2D eigenvalue weighted by atomic mass is 32.2.